The molecule has 0 bridgehead atoms. The van der Waals surface area contributed by atoms with Crippen LogP contribution in [0.2, 0.25) is 0 Å². The van der Waals surface area contributed by atoms with Gasteiger partial charge in [0.1, 0.15) is 0 Å². The largest absolute Gasteiger partial charge is 0.465 e. The number of hydrogen-bond donors (Lipinski definition) is 2. The van der Waals surface area contributed by atoms with Gasteiger partial charge in [-0.25, -0.2) is 9.78 Å². The number of carboxylic acid groups (broad SMARTS) is 1. The van der Waals surface area contributed by atoms with Crippen molar-refractivity contribution < 1.29 is 9.90 Å². The summed E-state index contributed by atoms with van der Waals surface area (Å²) in [6.45, 7) is 5.36. The summed E-state index contributed by atoms with van der Waals surface area (Å²) in [6.07, 6.45) is 0.459. The van der Waals surface area contributed by atoms with E-state index in [0.717, 1.165) is 4.90 Å². The minimum atomic E-state index is -1.06. The molecule has 0 aliphatic rings. The summed E-state index contributed by atoms with van der Waals surface area (Å²) in [4.78, 5) is 16.3. The van der Waals surface area contributed by atoms with Gasteiger partial charge in [-0.15, -0.1) is 0 Å². The van der Waals surface area contributed by atoms with Gasteiger partial charge in [-0.2, -0.15) is 0 Å². The molecule has 0 aromatic carbocycles. The predicted octanol–water partition coefficient (Wildman–Crippen LogP) is 1.95. The van der Waals surface area contributed by atoms with Crippen molar-refractivity contribution in [1.29, 1.82) is 0 Å². The maximum atomic E-state index is 11.1. The van der Waals surface area contributed by atoms with Crippen LogP contribution < -0.4 is 10.6 Å². The standard InChI is InChI=1S/C10H15N3O2/c1-10(2,3)13(9(14)15)8-7(11)5-4-6-12-8/h4-6H,11H2,1-3H3,(H,14,15). The molecule has 0 fully saturated rings. The Morgan fingerprint density at radius 2 is 2.13 bits per heavy atom. The van der Waals surface area contributed by atoms with Gasteiger partial charge in [-0.3, -0.25) is 4.90 Å². The van der Waals surface area contributed by atoms with Gasteiger partial charge in [0.15, 0.2) is 5.82 Å². The number of nitrogens with two attached hydrogens (primary N) is 1. The monoisotopic (exact) mass is 209 g/mol. The van der Waals surface area contributed by atoms with E-state index in [2.05, 4.69) is 4.98 Å². The molecule has 5 heteroatoms. The van der Waals surface area contributed by atoms with E-state index in [4.69, 9.17) is 10.8 Å². The zero-order valence-corrected chi connectivity index (χ0v) is 9.06. The van der Waals surface area contributed by atoms with Gasteiger partial charge >= 0.3 is 6.09 Å². The summed E-state index contributed by atoms with van der Waals surface area (Å²) in [6, 6.07) is 3.30. The molecule has 1 rings (SSSR count). The highest BCUT2D eigenvalue weighted by atomic mass is 16.4. The third kappa shape index (κ3) is 2.37. The number of nitrogens with zero attached hydrogens (tertiary/aromatic N) is 2. The molecular weight excluding hydrogens is 194 g/mol. The zero-order chi connectivity index (χ0) is 11.6. The van der Waals surface area contributed by atoms with E-state index in [9.17, 15) is 4.79 Å². The van der Waals surface area contributed by atoms with Crippen molar-refractivity contribution in [3.05, 3.63) is 18.3 Å². The molecule has 0 spiro atoms. The van der Waals surface area contributed by atoms with Crippen LogP contribution in [0, 0.1) is 0 Å². The van der Waals surface area contributed by atoms with Crippen LogP contribution in [0.3, 0.4) is 0 Å². The summed E-state index contributed by atoms with van der Waals surface area (Å²) >= 11 is 0. The lowest BCUT2D eigenvalue weighted by molar-refractivity contribution is 0.195. The zero-order valence-electron chi connectivity index (χ0n) is 9.06. The van der Waals surface area contributed by atoms with Crippen LogP contribution in [0.25, 0.3) is 0 Å². The Hall–Kier alpha value is -1.78. The van der Waals surface area contributed by atoms with Crippen molar-refractivity contribution in [2.45, 2.75) is 26.3 Å². The minimum absolute atomic E-state index is 0.275. The quantitative estimate of drug-likeness (QED) is 0.740. The maximum absolute atomic E-state index is 11.1. The van der Waals surface area contributed by atoms with Gasteiger partial charge in [0.25, 0.3) is 0 Å². The Bertz CT molecular complexity index is 371. The topological polar surface area (TPSA) is 79.5 Å². The molecule has 1 aromatic heterocycles. The Morgan fingerprint density at radius 3 is 2.53 bits per heavy atom. The molecule has 1 amide bonds. The highest BCUT2D eigenvalue weighted by molar-refractivity contribution is 5.89. The van der Waals surface area contributed by atoms with Crippen LogP contribution in [0.1, 0.15) is 20.8 Å². The maximum Gasteiger partial charge on any atom is 0.413 e. The second-order valence-electron chi connectivity index (χ2n) is 4.21. The first-order valence-electron chi connectivity index (χ1n) is 4.57. The molecule has 82 valence electrons. The molecule has 0 aliphatic heterocycles. The average molecular weight is 209 g/mol. The first-order valence-corrected chi connectivity index (χ1v) is 4.57. The fourth-order valence-electron chi connectivity index (χ4n) is 1.29. The Morgan fingerprint density at radius 1 is 1.53 bits per heavy atom. The fraction of sp³-hybridized carbons (Fsp3) is 0.400. The number of aromatic nitrogens is 1. The highest BCUT2D eigenvalue weighted by Crippen LogP contribution is 2.26. The Kier molecular flexibility index (Phi) is 2.83. The summed E-state index contributed by atoms with van der Waals surface area (Å²) in [7, 11) is 0. The molecule has 0 radical (unpaired) electrons. The smallest absolute Gasteiger partial charge is 0.413 e. The van der Waals surface area contributed by atoms with Gasteiger partial charge in [-0.1, -0.05) is 0 Å². The number of pyridine rings is 1. The molecule has 0 aliphatic carbocycles. The normalized spacial score (nSPS) is 11.1. The third-order valence-electron chi connectivity index (χ3n) is 1.89. The third-order valence-corrected chi connectivity index (χ3v) is 1.89. The Labute approximate surface area is 88.5 Å². The van der Waals surface area contributed by atoms with Crippen molar-refractivity contribution in [3.8, 4) is 0 Å². The van der Waals surface area contributed by atoms with E-state index in [1.807, 2.05) is 0 Å². The fourth-order valence-corrected chi connectivity index (χ4v) is 1.29. The second kappa shape index (κ2) is 3.76. The molecule has 0 saturated carbocycles. The Balaban J connectivity index is 3.23. The predicted molar refractivity (Wildman–Crippen MR) is 58.9 cm³/mol. The van der Waals surface area contributed by atoms with E-state index >= 15 is 0 Å². The van der Waals surface area contributed by atoms with Crippen LogP contribution in [0.5, 0.6) is 0 Å². The van der Waals surface area contributed by atoms with E-state index < -0.39 is 11.6 Å². The first-order chi connectivity index (χ1) is 6.84. The average Bonchev–Trinajstić information content (AvgIpc) is 2.05. The van der Waals surface area contributed by atoms with Crippen LogP contribution in [-0.4, -0.2) is 21.7 Å². The molecule has 1 heterocycles. The highest BCUT2D eigenvalue weighted by Gasteiger charge is 2.30. The number of rotatable bonds is 1. The lowest BCUT2D eigenvalue weighted by atomic mass is 10.1. The van der Waals surface area contributed by atoms with Gasteiger partial charge in [0.05, 0.1) is 5.69 Å². The summed E-state index contributed by atoms with van der Waals surface area (Å²) in [5, 5.41) is 9.12. The van der Waals surface area contributed by atoms with Crippen molar-refractivity contribution in [3.63, 3.8) is 0 Å². The summed E-state index contributed by atoms with van der Waals surface area (Å²) in [5.41, 5.74) is 5.47. The van der Waals surface area contributed by atoms with Gasteiger partial charge < -0.3 is 10.8 Å². The molecule has 5 nitrogen and oxygen atoms in total. The molecule has 3 N–H and O–H groups in total. The van der Waals surface area contributed by atoms with Crippen molar-refractivity contribution >= 4 is 17.6 Å². The van der Waals surface area contributed by atoms with Gasteiger partial charge in [-0.05, 0) is 32.9 Å². The molecule has 1 aromatic rings. The van der Waals surface area contributed by atoms with Crippen LogP contribution in [0.15, 0.2) is 18.3 Å². The SMILES string of the molecule is CC(C)(C)N(C(=O)O)c1ncccc1N. The number of carbonyl (C=O) groups is 1. The number of hydrogen-bond acceptors (Lipinski definition) is 3. The molecular formula is C10H15N3O2. The van der Waals surface area contributed by atoms with Crippen molar-refractivity contribution in [2.24, 2.45) is 0 Å². The van der Waals surface area contributed by atoms with Crippen LogP contribution in [0.4, 0.5) is 16.3 Å². The lowest BCUT2D eigenvalue weighted by Gasteiger charge is -2.32. The van der Waals surface area contributed by atoms with Gasteiger partial charge in [0.2, 0.25) is 0 Å². The lowest BCUT2D eigenvalue weighted by Crippen LogP contribution is -2.46. The first kappa shape index (κ1) is 11.3. The minimum Gasteiger partial charge on any atom is -0.465 e. The van der Waals surface area contributed by atoms with Crippen molar-refractivity contribution in [1.82, 2.24) is 4.98 Å². The summed E-state index contributed by atoms with van der Waals surface area (Å²) < 4.78 is 0. The van der Waals surface area contributed by atoms with Crippen molar-refractivity contribution in [2.75, 3.05) is 10.6 Å². The van der Waals surface area contributed by atoms with E-state index in [-0.39, 0.29) is 5.82 Å². The molecule has 15 heavy (non-hydrogen) atoms. The van der Waals surface area contributed by atoms with Gasteiger partial charge in [0, 0.05) is 11.7 Å². The number of anilines is 2. The molecule has 0 unspecified atom stereocenters. The van der Waals surface area contributed by atoms with E-state index in [0.29, 0.717) is 5.69 Å². The number of amides is 1. The number of nitrogen functional groups attached to an aromatic ring is 1. The second-order valence-corrected chi connectivity index (χ2v) is 4.21. The van der Waals surface area contributed by atoms with E-state index in [1.165, 1.54) is 6.20 Å². The van der Waals surface area contributed by atoms with Crippen LogP contribution >= 0.6 is 0 Å². The molecule has 0 atom stereocenters. The van der Waals surface area contributed by atoms with E-state index in [1.54, 1.807) is 32.9 Å². The molecule has 0 saturated heterocycles. The van der Waals surface area contributed by atoms with Crippen LogP contribution in [-0.2, 0) is 0 Å². The summed E-state index contributed by atoms with van der Waals surface area (Å²) in [5.74, 6) is 0.275.